The number of aromatic nitrogens is 6. The van der Waals surface area contributed by atoms with Crippen LogP contribution in [0.1, 0.15) is 104 Å². The Morgan fingerprint density at radius 2 is 1.70 bits per heavy atom. The summed E-state index contributed by atoms with van der Waals surface area (Å²) >= 11 is 7.44. The van der Waals surface area contributed by atoms with Crippen LogP contribution < -0.4 is 48.1 Å². The van der Waals surface area contributed by atoms with E-state index in [9.17, 15) is 24.0 Å². The van der Waals surface area contributed by atoms with Gasteiger partial charge in [0.05, 0.1) is 28.6 Å². The van der Waals surface area contributed by atoms with Gasteiger partial charge in [0, 0.05) is 57.3 Å². The minimum atomic E-state index is -0.724. The first-order valence-electron chi connectivity index (χ1n) is 21.8. The number of para-hydroxylation sites is 1. The second-order valence-corrected chi connectivity index (χ2v) is 17.6. The zero-order chi connectivity index (χ0) is 45.5. The monoisotopic (exact) mass is 919 g/mol. The minimum absolute atomic E-state index is 0.0399. The maximum absolute atomic E-state index is 12.9. The molecule has 6 amide bonds. The van der Waals surface area contributed by atoms with Gasteiger partial charge in [0.1, 0.15) is 27.9 Å². The summed E-state index contributed by atoms with van der Waals surface area (Å²) in [7, 11) is 0. The van der Waals surface area contributed by atoms with Crippen molar-refractivity contribution in [2.75, 3.05) is 35.6 Å². The Kier molecular flexibility index (Phi) is 17.2. The van der Waals surface area contributed by atoms with Crippen LogP contribution in [0.2, 0.25) is 5.02 Å². The quantitative estimate of drug-likeness (QED) is 0.0396. The van der Waals surface area contributed by atoms with Crippen molar-refractivity contribution in [3.05, 3.63) is 63.6 Å². The van der Waals surface area contributed by atoms with Crippen LogP contribution in [-0.4, -0.2) is 96.9 Å². The molecule has 2 fully saturated rings. The Morgan fingerprint density at radius 1 is 0.922 bits per heavy atom. The number of urea groups is 1. The van der Waals surface area contributed by atoms with Gasteiger partial charge in [-0.15, -0.1) is 5.10 Å². The molecule has 3 atom stereocenters. The smallest absolute Gasteiger partial charge is 0.315 e. The summed E-state index contributed by atoms with van der Waals surface area (Å²) in [4.78, 5) is 75.4. The van der Waals surface area contributed by atoms with Crippen LogP contribution in [-0.2, 0) is 27.3 Å². The molecular formula is C42H58ClN15O5S. The fraction of sp³-hybridized carbons (Fsp3) is 0.524. The van der Waals surface area contributed by atoms with Gasteiger partial charge in [0.15, 0.2) is 5.13 Å². The Hall–Kier alpha value is -5.93. The van der Waals surface area contributed by atoms with Crippen molar-refractivity contribution in [3.63, 3.8) is 0 Å². The number of anilines is 4. The van der Waals surface area contributed by atoms with Gasteiger partial charge in [-0.05, 0) is 83.8 Å². The third kappa shape index (κ3) is 14.0. The van der Waals surface area contributed by atoms with Gasteiger partial charge in [0.2, 0.25) is 11.8 Å². The number of hydrogen-bond donors (Lipinski definition) is 9. The van der Waals surface area contributed by atoms with E-state index in [1.54, 1.807) is 23.7 Å². The van der Waals surface area contributed by atoms with E-state index in [0.717, 1.165) is 43.4 Å². The molecule has 1 aromatic carbocycles. The molecule has 6 rings (SSSR count). The number of halogens is 1. The standard InChI is InChI=1S/C42H58ClN15O5S/c1-26-11-7-13-30(43)37(26)53-38(61)32-24-47-41(64-32)52-34-23-33(49-28(3)50-34)44-20-21-46-36(60)16-9-18-42(39(62)55-56-42)17-8-12-29-25-58(57-54-29)22-10-19-45-35(59)15-6-4-5-14-31-27(2)48-40(63)51-31/h7,11,13,23-25,27,31,56H,4-6,8-10,12,14-22H2,1-3H3,(H,45,59)(H,46,60)(H,53,61)(H,55,62)(H2,48,51,63)(H2,44,47,49,50,52)/t27-,31+,42?/m1/s1. The first-order valence-corrected chi connectivity index (χ1v) is 23.0. The summed E-state index contributed by atoms with van der Waals surface area (Å²) < 4.78 is 1.77. The zero-order valence-electron chi connectivity index (χ0n) is 36.4. The maximum Gasteiger partial charge on any atom is 0.315 e. The van der Waals surface area contributed by atoms with E-state index in [1.165, 1.54) is 17.5 Å². The number of nitrogens with one attached hydrogen (secondary N) is 9. The first-order chi connectivity index (χ1) is 30.9. The predicted molar refractivity (Wildman–Crippen MR) is 244 cm³/mol. The molecule has 2 aliphatic rings. The summed E-state index contributed by atoms with van der Waals surface area (Å²) in [5, 5.41) is 30.3. The van der Waals surface area contributed by atoms with Crippen molar-refractivity contribution in [1.29, 1.82) is 0 Å². The molecular weight excluding hydrogens is 862 g/mol. The molecule has 2 aliphatic heterocycles. The molecule has 5 heterocycles. The summed E-state index contributed by atoms with van der Waals surface area (Å²) in [6.45, 7) is 7.59. The molecule has 9 N–H and O–H groups in total. The highest BCUT2D eigenvalue weighted by atomic mass is 35.5. The van der Waals surface area contributed by atoms with E-state index in [1.807, 2.05) is 32.2 Å². The molecule has 0 aliphatic carbocycles. The highest BCUT2D eigenvalue weighted by Crippen LogP contribution is 2.29. The number of thiazole rings is 1. The largest absolute Gasteiger partial charge is 0.368 e. The molecule has 0 bridgehead atoms. The van der Waals surface area contributed by atoms with Crippen LogP contribution in [0.4, 0.5) is 27.2 Å². The molecule has 22 heteroatoms. The molecule has 64 heavy (non-hydrogen) atoms. The third-order valence-electron chi connectivity index (χ3n) is 11.1. The van der Waals surface area contributed by atoms with E-state index >= 15 is 0 Å². The van der Waals surface area contributed by atoms with Gasteiger partial charge in [0.25, 0.3) is 11.8 Å². The van der Waals surface area contributed by atoms with Crippen molar-refractivity contribution in [3.8, 4) is 0 Å². The average molecular weight is 921 g/mol. The van der Waals surface area contributed by atoms with Gasteiger partial charge >= 0.3 is 6.03 Å². The Labute approximate surface area is 381 Å². The fourth-order valence-corrected chi connectivity index (χ4v) is 8.50. The lowest BCUT2D eigenvalue weighted by Gasteiger charge is -2.42. The van der Waals surface area contributed by atoms with Crippen LogP contribution in [0, 0.1) is 13.8 Å². The Balaban J connectivity index is 0.814. The highest BCUT2D eigenvalue weighted by molar-refractivity contribution is 7.17. The lowest BCUT2D eigenvalue weighted by atomic mass is 9.84. The SMILES string of the molecule is Cc1nc(NCCNC(=O)CCCC2(CCCc3cn(CCCNC(=O)CCCCC[C@@H]4NC(=O)N[C@@H]4C)nn3)NNC2=O)cc(Nc2ncc(C(=O)Nc3c(C)cccc3Cl)s2)n1. The van der Waals surface area contributed by atoms with Crippen LogP contribution in [0.15, 0.2) is 36.7 Å². The number of rotatable bonds is 26. The number of aryl methyl sites for hydroxylation is 4. The molecule has 3 aromatic heterocycles. The van der Waals surface area contributed by atoms with Crippen molar-refractivity contribution >= 4 is 75.1 Å². The van der Waals surface area contributed by atoms with Crippen LogP contribution in [0.5, 0.6) is 0 Å². The van der Waals surface area contributed by atoms with Gasteiger partial charge in [-0.1, -0.05) is 53.1 Å². The van der Waals surface area contributed by atoms with Crippen molar-refractivity contribution in [2.24, 2.45) is 0 Å². The second kappa shape index (κ2) is 23.1. The molecule has 0 spiro atoms. The fourth-order valence-electron chi connectivity index (χ4n) is 7.52. The normalized spacial score (nSPS) is 17.8. The summed E-state index contributed by atoms with van der Waals surface area (Å²) in [6, 6.07) is 7.31. The average Bonchev–Trinajstić information content (AvgIpc) is 4.00. The summed E-state index contributed by atoms with van der Waals surface area (Å²) in [6.07, 6.45) is 11.5. The molecule has 4 aromatic rings. The Bertz CT molecular complexity index is 2230. The van der Waals surface area contributed by atoms with E-state index in [-0.39, 0.29) is 48.2 Å². The Morgan fingerprint density at radius 3 is 2.45 bits per heavy atom. The van der Waals surface area contributed by atoms with Crippen molar-refractivity contribution in [2.45, 2.75) is 122 Å². The maximum atomic E-state index is 12.9. The van der Waals surface area contributed by atoms with Crippen LogP contribution in [0.25, 0.3) is 0 Å². The number of benzene rings is 1. The van der Waals surface area contributed by atoms with E-state index in [2.05, 4.69) is 73.3 Å². The molecule has 2 saturated heterocycles. The van der Waals surface area contributed by atoms with Gasteiger partial charge in [-0.2, -0.15) is 0 Å². The molecule has 20 nitrogen and oxygen atoms in total. The molecule has 0 saturated carbocycles. The van der Waals surface area contributed by atoms with Crippen LogP contribution in [0.3, 0.4) is 0 Å². The predicted octanol–water partition coefficient (Wildman–Crippen LogP) is 4.41. The number of hydrazine groups is 1. The number of carbonyl (C=O) groups excluding carboxylic acids is 5. The molecule has 1 unspecified atom stereocenters. The van der Waals surface area contributed by atoms with E-state index < -0.39 is 5.54 Å². The second-order valence-electron chi connectivity index (χ2n) is 16.2. The van der Waals surface area contributed by atoms with Gasteiger partial charge < -0.3 is 37.2 Å². The number of nitrogens with zero attached hydrogens (tertiary/aromatic N) is 6. The van der Waals surface area contributed by atoms with Gasteiger partial charge in [-0.25, -0.2) is 25.2 Å². The van der Waals surface area contributed by atoms with Crippen molar-refractivity contribution in [1.82, 2.24) is 62.1 Å². The number of carbonyl (C=O) groups is 5. The topological polar surface area (TPSA) is 263 Å². The zero-order valence-corrected chi connectivity index (χ0v) is 38.0. The van der Waals surface area contributed by atoms with Crippen molar-refractivity contribution < 1.29 is 24.0 Å². The third-order valence-corrected chi connectivity index (χ3v) is 12.3. The van der Waals surface area contributed by atoms with Crippen LogP contribution >= 0.6 is 22.9 Å². The number of unbranched alkanes of at least 4 members (excludes halogenated alkanes) is 2. The lowest BCUT2D eigenvalue weighted by Crippen LogP contribution is -2.74. The minimum Gasteiger partial charge on any atom is -0.368 e. The van der Waals surface area contributed by atoms with E-state index in [4.69, 9.17) is 11.6 Å². The number of amides is 6. The van der Waals surface area contributed by atoms with E-state index in [0.29, 0.717) is 103 Å². The molecule has 0 radical (unpaired) electrons. The summed E-state index contributed by atoms with van der Waals surface area (Å²) in [5.74, 6) is 1.10. The number of hydrogen-bond acceptors (Lipinski definition) is 14. The summed E-state index contributed by atoms with van der Waals surface area (Å²) in [5.41, 5.74) is 7.24. The lowest BCUT2D eigenvalue weighted by molar-refractivity contribution is -0.141. The first kappa shape index (κ1) is 47.5. The molecule has 344 valence electrons. The van der Waals surface area contributed by atoms with Gasteiger partial charge in [-0.3, -0.25) is 29.3 Å². The highest BCUT2D eigenvalue weighted by Gasteiger charge is 2.45.